The normalized spacial score (nSPS) is 28.2. The first kappa shape index (κ1) is 12.7. The van der Waals surface area contributed by atoms with Crippen LogP contribution in [-0.4, -0.2) is 18.0 Å². The molecule has 0 aromatic carbocycles. The van der Waals surface area contributed by atoms with Crippen molar-refractivity contribution >= 4 is 15.4 Å². The lowest BCUT2D eigenvalue weighted by molar-refractivity contribution is 0.457. The molecule has 0 radical (unpaired) electrons. The van der Waals surface area contributed by atoms with Gasteiger partial charge in [0, 0.05) is 12.3 Å². The first-order valence-corrected chi connectivity index (χ1v) is 9.71. The maximum atomic E-state index is 12.4. The molecule has 2 aliphatic carbocycles. The Morgan fingerprint density at radius 3 is 2.12 bits per heavy atom. The van der Waals surface area contributed by atoms with E-state index in [9.17, 15) is 9.13 Å². The minimum Gasteiger partial charge on any atom is -0.288 e. The first-order valence-electron chi connectivity index (χ1n) is 6.33. The zero-order chi connectivity index (χ0) is 11.6. The molecule has 0 bridgehead atoms. The van der Waals surface area contributed by atoms with Gasteiger partial charge in [0.1, 0.15) is 0 Å². The Bertz CT molecular complexity index is 304. The van der Waals surface area contributed by atoms with Crippen molar-refractivity contribution in [1.82, 2.24) is 0 Å². The Labute approximate surface area is 98.7 Å². The lowest BCUT2D eigenvalue weighted by atomic mass is 10.4. The molecule has 2 unspecified atom stereocenters. The molecule has 0 aromatic rings. The second-order valence-corrected chi connectivity index (χ2v) is 9.65. The van der Waals surface area contributed by atoms with E-state index in [0.717, 1.165) is 51.4 Å². The van der Waals surface area contributed by atoms with E-state index in [2.05, 4.69) is 0 Å². The van der Waals surface area contributed by atoms with Gasteiger partial charge in [0.15, 0.2) is 5.66 Å². The second-order valence-electron chi connectivity index (χ2n) is 5.15. The topological polar surface area (TPSA) is 43.4 Å². The second kappa shape index (κ2) is 5.29. The SMILES string of the molecule is CP(=O)(O[P+](=O)C1CCCC1)C1CCCC1. The van der Waals surface area contributed by atoms with Crippen molar-refractivity contribution in [2.24, 2.45) is 0 Å². The van der Waals surface area contributed by atoms with Gasteiger partial charge in [0.2, 0.25) is 0 Å². The molecule has 92 valence electrons. The molecule has 0 aliphatic heterocycles. The van der Waals surface area contributed by atoms with Crippen molar-refractivity contribution in [1.29, 1.82) is 0 Å². The van der Waals surface area contributed by atoms with Crippen molar-refractivity contribution in [3.05, 3.63) is 0 Å². The summed E-state index contributed by atoms with van der Waals surface area (Å²) >= 11 is 0. The fourth-order valence-electron chi connectivity index (χ4n) is 2.78. The fraction of sp³-hybridized carbons (Fsp3) is 1.00. The molecular weight excluding hydrogens is 242 g/mol. The van der Waals surface area contributed by atoms with Crippen molar-refractivity contribution in [2.45, 2.75) is 62.7 Å². The molecule has 0 heterocycles. The van der Waals surface area contributed by atoms with E-state index in [1.54, 1.807) is 6.66 Å². The predicted molar refractivity (Wildman–Crippen MR) is 66.7 cm³/mol. The van der Waals surface area contributed by atoms with Crippen LogP contribution in [0.25, 0.3) is 0 Å². The molecule has 2 atom stereocenters. The quantitative estimate of drug-likeness (QED) is 0.699. The van der Waals surface area contributed by atoms with Gasteiger partial charge in [-0.05, 0) is 43.1 Å². The Kier molecular flexibility index (Phi) is 4.21. The minimum atomic E-state index is -2.63. The average Bonchev–Trinajstić information content (AvgIpc) is 2.91. The van der Waals surface area contributed by atoms with Crippen molar-refractivity contribution in [3.63, 3.8) is 0 Å². The minimum absolute atomic E-state index is 0.171. The largest absolute Gasteiger partial charge is 0.517 e. The van der Waals surface area contributed by atoms with E-state index >= 15 is 0 Å². The highest BCUT2D eigenvalue weighted by atomic mass is 31.2. The van der Waals surface area contributed by atoms with Crippen LogP contribution in [0.2, 0.25) is 0 Å². The van der Waals surface area contributed by atoms with Crippen LogP contribution in [0, 0.1) is 0 Å². The highest BCUT2D eigenvalue weighted by molar-refractivity contribution is 7.65. The van der Waals surface area contributed by atoms with Crippen molar-refractivity contribution in [3.8, 4) is 0 Å². The van der Waals surface area contributed by atoms with Crippen LogP contribution in [0.3, 0.4) is 0 Å². The Balaban J connectivity index is 1.91. The van der Waals surface area contributed by atoms with Gasteiger partial charge < -0.3 is 0 Å². The third-order valence-corrected chi connectivity index (χ3v) is 8.75. The van der Waals surface area contributed by atoms with Gasteiger partial charge in [-0.1, -0.05) is 17.2 Å². The van der Waals surface area contributed by atoms with E-state index in [0.29, 0.717) is 0 Å². The number of rotatable bonds is 4. The summed E-state index contributed by atoms with van der Waals surface area (Å²) in [5.74, 6) is 0. The van der Waals surface area contributed by atoms with Gasteiger partial charge in [0.05, 0.1) is 0 Å². The molecule has 0 N–H and O–H groups in total. The van der Waals surface area contributed by atoms with Crippen molar-refractivity contribution < 1.29 is 13.4 Å². The van der Waals surface area contributed by atoms with Crippen LogP contribution in [0.4, 0.5) is 0 Å². The molecule has 2 fully saturated rings. The highest BCUT2D eigenvalue weighted by Gasteiger charge is 2.44. The van der Waals surface area contributed by atoms with Crippen LogP contribution in [0.1, 0.15) is 51.4 Å². The molecule has 2 saturated carbocycles. The van der Waals surface area contributed by atoms with E-state index in [4.69, 9.17) is 4.31 Å². The summed E-state index contributed by atoms with van der Waals surface area (Å²) in [7, 11) is -4.33. The molecule has 16 heavy (non-hydrogen) atoms. The standard InChI is InChI=1S/C11H21O3P2/c1-16(13,11-8-4-5-9-11)14-15(12)10-6-2-3-7-10/h10-11H,2-9H2,1H3/q+1. The molecule has 0 spiro atoms. The van der Waals surface area contributed by atoms with Crippen LogP contribution < -0.4 is 0 Å². The fourth-order valence-corrected chi connectivity index (χ4v) is 7.22. The van der Waals surface area contributed by atoms with E-state index < -0.39 is 15.4 Å². The van der Waals surface area contributed by atoms with Gasteiger partial charge >= 0.3 is 8.03 Å². The Morgan fingerprint density at radius 2 is 1.56 bits per heavy atom. The van der Waals surface area contributed by atoms with Gasteiger partial charge in [0.25, 0.3) is 7.37 Å². The average molecular weight is 263 g/mol. The maximum Gasteiger partial charge on any atom is 0.517 e. The third-order valence-electron chi connectivity index (χ3n) is 3.85. The van der Waals surface area contributed by atoms with Gasteiger partial charge in [-0.2, -0.15) is 0 Å². The lowest BCUT2D eigenvalue weighted by Gasteiger charge is -2.13. The Hall–Kier alpha value is 0.290. The summed E-state index contributed by atoms with van der Waals surface area (Å²) in [4.78, 5) is 0. The predicted octanol–water partition coefficient (Wildman–Crippen LogP) is 4.54. The van der Waals surface area contributed by atoms with Crippen molar-refractivity contribution in [2.75, 3.05) is 6.66 Å². The molecule has 3 nitrogen and oxygen atoms in total. The van der Waals surface area contributed by atoms with Crippen LogP contribution in [-0.2, 0) is 13.4 Å². The summed E-state index contributed by atoms with van der Waals surface area (Å²) in [5.41, 5.74) is 0.345. The summed E-state index contributed by atoms with van der Waals surface area (Å²) in [6.45, 7) is 1.69. The molecular formula is C11H21O3P2+. The summed E-state index contributed by atoms with van der Waals surface area (Å²) in [6, 6.07) is 0. The summed E-state index contributed by atoms with van der Waals surface area (Å²) in [5, 5.41) is 0. The first-order chi connectivity index (χ1) is 7.59. The molecule has 2 aliphatic rings. The lowest BCUT2D eigenvalue weighted by Crippen LogP contribution is -2.04. The summed E-state index contributed by atoms with van der Waals surface area (Å²) < 4.78 is 29.8. The third kappa shape index (κ3) is 2.94. The monoisotopic (exact) mass is 263 g/mol. The van der Waals surface area contributed by atoms with Crippen LogP contribution in [0.5, 0.6) is 0 Å². The van der Waals surface area contributed by atoms with E-state index in [1.165, 1.54) is 0 Å². The van der Waals surface area contributed by atoms with Gasteiger partial charge in [-0.3, -0.25) is 4.57 Å². The molecule has 0 aromatic heterocycles. The maximum absolute atomic E-state index is 12.4. The molecule has 2 rings (SSSR count). The molecule has 5 heteroatoms. The summed E-state index contributed by atoms with van der Waals surface area (Å²) in [6.07, 6.45) is 8.53. The van der Waals surface area contributed by atoms with E-state index in [-0.39, 0.29) is 11.3 Å². The zero-order valence-electron chi connectivity index (χ0n) is 9.93. The van der Waals surface area contributed by atoms with Gasteiger partial charge in [-0.25, -0.2) is 0 Å². The number of hydrogen-bond acceptors (Lipinski definition) is 3. The molecule has 0 amide bonds. The smallest absolute Gasteiger partial charge is 0.288 e. The number of hydrogen-bond donors (Lipinski definition) is 0. The van der Waals surface area contributed by atoms with Crippen LogP contribution >= 0.6 is 15.4 Å². The van der Waals surface area contributed by atoms with E-state index in [1.807, 2.05) is 0 Å². The Morgan fingerprint density at radius 1 is 1.06 bits per heavy atom. The van der Waals surface area contributed by atoms with Gasteiger partial charge in [-0.15, -0.1) is 0 Å². The zero-order valence-corrected chi connectivity index (χ0v) is 11.7. The van der Waals surface area contributed by atoms with Crippen LogP contribution in [0.15, 0.2) is 0 Å². The highest BCUT2D eigenvalue weighted by Crippen LogP contribution is 2.61. The molecule has 0 saturated heterocycles.